The summed E-state index contributed by atoms with van der Waals surface area (Å²) in [6, 6.07) is 6.25. The lowest BCUT2D eigenvalue weighted by Crippen LogP contribution is -2.37. The Morgan fingerprint density at radius 2 is 1.88 bits per heavy atom. The molecule has 4 heterocycles. The van der Waals surface area contributed by atoms with Crippen molar-refractivity contribution < 1.29 is 32.2 Å². The van der Waals surface area contributed by atoms with E-state index in [9.17, 15) is 22.8 Å². The van der Waals surface area contributed by atoms with E-state index in [1.165, 1.54) is 6.20 Å². The normalized spacial score (nSPS) is 19.8. The maximum atomic E-state index is 14.2. The molecule has 2 unspecified atom stereocenters. The molecule has 3 saturated carbocycles. The minimum Gasteiger partial charge on any atom is -0.466 e. The highest BCUT2D eigenvalue weighted by atomic mass is 19.4. The Bertz CT molecular complexity index is 1900. The Morgan fingerprint density at radius 1 is 1.10 bits per heavy atom. The van der Waals surface area contributed by atoms with E-state index in [0.29, 0.717) is 50.2 Å². The minimum atomic E-state index is -4.56. The van der Waals surface area contributed by atoms with Crippen molar-refractivity contribution in [2.45, 2.75) is 69.9 Å². The number of alkyl halides is 3. The van der Waals surface area contributed by atoms with Gasteiger partial charge in [-0.25, -0.2) is 4.98 Å². The van der Waals surface area contributed by atoms with Gasteiger partial charge in [0.25, 0.3) is 5.91 Å². The van der Waals surface area contributed by atoms with Crippen molar-refractivity contribution in [3.8, 4) is 11.3 Å². The number of carbonyl (C=O) groups excluding carboxylic acids is 2. The predicted octanol–water partition coefficient (Wildman–Crippen LogP) is 6.87. The number of aromatic amines is 1. The zero-order valence-electron chi connectivity index (χ0n) is 28.3. The second-order valence-electron chi connectivity index (χ2n) is 13.9. The van der Waals surface area contributed by atoms with Crippen molar-refractivity contribution in [1.29, 1.82) is 0 Å². The number of anilines is 2. The van der Waals surface area contributed by atoms with Crippen LogP contribution in [0.15, 0.2) is 36.7 Å². The number of ether oxygens (including phenoxy) is 2. The summed E-state index contributed by atoms with van der Waals surface area (Å²) in [5.41, 5.74) is 2.19. The Kier molecular flexibility index (Phi) is 8.99. The van der Waals surface area contributed by atoms with Crippen LogP contribution in [0.25, 0.3) is 22.4 Å². The number of nitrogens with one attached hydrogen (secondary N) is 2. The second kappa shape index (κ2) is 13.3. The summed E-state index contributed by atoms with van der Waals surface area (Å²) in [7, 11) is 3.62. The fourth-order valence-electron chi connectivity index (χ4n) is 7.38. The third-order valence-corrected chi connectivity index (χ3v) is 10.1. The maximum Gasteiger partial charge on any atom is 0.418 e. The molecule has 50 heavy (non-hydrogen) atoms. The number of hydrogen-bond donors (Lipinski definition) is 2. The first-order valence-corrected chi connectivity index (χ1v) is 17.1. The first kappa shape index (κ1) is 33.9. The number of nitrogens with zero attached hydrogens (tertiary/aromatic N) is 5. The van der Waals surface area contributed by atoms with Gasteiger partial charge in [-0.3, -0.25) is 24.9 Å². The van der Waals surface area contributed by atoms with E-state index < -0.39 is 17.6 Å². The standard InChI is InChI=1S/C36H40F3N7O4/c1-4-50-33(48)24-14-23(24)21-9-10-26(40-16-21)32(47)45-34-43-30-28(46(2)18-35(19-49-3)11-5-6-12-35)15-27(42-31(30)44-34)22-13-25(36(37,38)39)29(41-17-22)20-7-8-20/h9-10,13,15-17,20,23-24H,4-8,11-12,14,18-19H2,1-3H3,(H2,42,43,44,45,47). The lowest BCUT2D eigenvalue weighted by molar-refractivity contribution is -0.144. The van der Waals surface area contributed by atoms with E-state index in [0.717, 1.165) is 37.3 Å². The number of halogens is 3. The minimum absolute atomic E-state index is 0.0179. The van der Waals surface area contributed by atoms with Gasteiger partial charge in [-0.15, -0.1) is 0 Å². The molecule has 2 atom stereocenters. The van der Waals surface area contributed by atoms with Gasteiger partial charge in [0.1, 0.15) is 11.2 Å². The summed E-state index contributed by atoms with van der Waals surface area (Å²) in [6.45, 7) is 3.32. The van der Waals surface area contributed by atoms with Crippen LogP contribution < -0.4 is 10.2 Å². The first-order chi connectivity index (χ1) is 24.0. The highest BCUT2D eigenvalue weighted by molar-refractivity contribution is 6.03. The fourth-order valence-corrected chi connectivity index (χ4v) is 7.38. The van der Waals surface area contributed by atoms with Gasteiger partial charge in [0.15, 0.2) is 5.65 Å². The Balaban J connectivity index is 1.19. The van der Waals surface area contributed by atoms with Gasteiger partial charge in [0.05, 0.1) is 41.8 Å². The summed E-state index contributed by atoms with van der Waals surface area (Å²) in [5.74, 6) is -0.977. The molecule has 3 fully saturated rings. The van der Waals surface area contributed by atoms with Gasteiger partial charge in [0.2, 0.25) is 5.95 Å². The average Bonchev–Trinajstić information content (AvgIpc) is 4.01. The number of imidazole rings is 1. The lowest BCUT2D eigenvalue weighted by atomic mass is 9.86. The van der Waals surface area contributed by atoms with Crippen LogP contribution in [0.1, 0.15) is 91.0 Å². The Morgan fingerprint density at radius 3 is 2.54 bits per heavy atom. The highest BCUT2D eigenvalue weighted by Gasteiger charge is 2.45. The van der Waals surface area contributed by atoms with Gasteiger partial charge < -0.3 is 19.4 Å². The molecule has 1 amide bonds. The van der Waals surface area contributed by atoms with Crippen LogP contribution in [0.2, 0.25) is 0 Å². The van der Waals surface area contributed by atoms with Gasteiger partial charge in [-0.05, 0) is 68.7 Å². The van der Waals surface area contributed by atoms with Crippen LogP contribution in [0.5, 0.6) is 0 Å². The van der Waals surface area contributed by atoms with Crippen LogP contribution in [0.3, 0.4) is 0 Å². The van der Waals surface area contributed by atoms with Crippen LogP contribution in [0, 0.1) is 11.3 Å². The van der Waals surface area contributed by atoms with Crippen LogP contribution >= 0.6 is 0 Å². The molecule has 0 radical (unpaired) electrons. The molecule has 14 heteroatoms. The molecule has 7 rings (SSSR count). The highest BCUT2D eigenvalue weighted by Crippen LogP contribution is 2.48. The van der Waals surface area contributed by atoms with Gasteiger partial charge in [-0.1, -0.05) is 18.9 Å². The molecule has 0 saturated heterocycles. The lowest BCUT2D eigenvalue weighted by Gasteiger charge is -2.34. The maximum absolute atomic E-state index is 14.2. The van der Waals surface area contributed by atoms with Gasteiger partial charge >= 0.3 is 12.1 Å². The van der Waals surface area contributed by atoms with Crippen molar-refractivity contribution in [3.63, 3.8) is 0 Å². The molecular formula is C36H40F3N7O4. The fraction of sp³-hybridized carbons (Fsp3) is 0.500. The van der Waals surface area contributed by atoms with Crippen LogP contribution in [0.4, 0.5) is 24.8 Å². The number of methoxy groups -OCH3 is 1. The third kappa shape index (κ3) is 6.90. The van der Waals surface area contributed by atoms with Crippen LogP contribution in [-0.4, -0.2) is 70.7 Å². The summed E-state index contributed by atoms with van der Waals surface area (Å²) in [6.07, 6.45) is 4.72. The van der Waals surface area contributed by atoms with Crippen molar-refractivity contribution in [2.24, 2.45) is 11.3 Å². The monoisotopic (exact) mass is 691 g/mol. The molecule has 0 spiro atoms. The number of pyridine rings is 3. The molecule has 0 bridgehead atoms. The number of esters is 1. The molecule has 2 N–H and O–H groups in total. The molecule has 0 aromatic carbocycles. The molecule has 3 aliphatic rings. The number of aromatic nitrogens is 5. The average molecular weight is 692 g/mol. The third-order valence-electron chi connectivity index (χ3n) is 10.1. The zero-order valence-corrected chi connectivity index (χ0v) is 28.3. The summed E-state index contributed by atoms with van der Waals surface area (Å²) in [5, 5.41) is 2.76. The van der Waals surface area contributed by atoms with E-state index >= 15 is 0 Å². The van der Waals surface area contributed by atoms with Crippen molar-refractivity contribution >= 4 is 34.7 Å². The number of H-pyrrole nitrogens is 1. The zero-order chi connectivity index (χ0) is 35.2. The van der Waals surface area contributed by atoms with E-state index in [2.05, 4.69) is 35.1 Å². The van der Waals surface area contributed by atoms with E-state index in [1.807, 2.05) is 7.05 Å². The molecule has 4 aromatic heterocycles. The Hall–Kier alpha value is -4.59. The molecule has 11 nitrogen and oxygen atoms in total. The van der Waals surface area contributed by atoms with Crippen molar-refractivity contribution in [2.75, 3.05) is 44.1 Å². The smallest absolute Gasteiger partial charge is 0.418 e. The van der Waals surface area contributed by atoms with E-state index in [-0.39, 0.29) is 63.4 Å². The van der Waals surface area contributed by atoms with Crippen molar-refractivity contribution in [1.82, 2.24) is 24.9 Å². The van der Waals surface area contributed by atoms with Gasteiger partial charge in [0, 0.05) is 50.0 Å². The molecule has 0 aliphatic heterocycles. The summed E-state index contributed by atoms with van der Waals surface area (Å²) < 4.78 is 53.3. The number of carbonyl (C=O) groups is 2. The Labute approximate surface area is 287 Å². The molecular weight excluding hydrogens is 651 g/mol. The quantitative estimate of drug-likeness (QED) is 0.153. The van der Waals surface area contributed by atoms with E-state index in [4.69, 9.17) is 9.47 Å². The molecule has 264 valence electrons. The number of rotatable bonds is 12. The largest absolute Gasteiger partial charge is 0.466 e. The first-order valence-electron chi connectivity index (χ1n) is 17.1. The topological polar surface area (TPSA) is 135 Å². The van der Waals surface area contributed by atoms with Crippen LogP contribution in [-0.2, 0) is 20.4 Å². The van der Waals surface area contributed by atoms with Gasteiger partial charge in [-0.2, -0.15) is 18.2 Å². The van der Waals surface area contributed by atoms with E-state index in [1.54, 1.807) is 38.4 Å². The molecule has 3 aliphatic carbocycles. The molecule has 4 aromatic rings. The number of amides is 1. The number of fused-ring (bicyclic) bond motifs is 1. The SMILES string of the molecule is CCOC(=O)C1CC1c1ccc(C(=O)Nc2nc3nc(-c4cnc(C5CC5)c(C(F)(F)F)c4)cc(N(C)CC4(COC)CCCC4)c3[nH]2)nc1. The number of hydrogen-bond acceptors (Lipinski definition) is 9. The predicted molar refractivity (Wildman–Crippen MR) is 180 cm³/mol. The second-order valence-corrected chi connectivity index (χ2v) is 13.9. The van der Waals surface area contributed by atoms with Crippen molar-refractivity contribution in [3.05, 3.63) is 59.2 Å². The summed E-state index contributed by atoms with van der Waals surface area (Å²) >= 11 is 0. The summed E-state index contributed by atoms with van der Waals surface area (Å²) in [4.78, 5) is 48.3.